The molecular weight excluding hydrogens is 967 g/mol. The van der Waals surface area contributed by atoms with Gasteiger partial charge >= 0.3 is 0 Å². The number of aliphatic hydroxyl groups excluding tert-OH is 1. The van der Waals surface area contributed by atoms with Crippen molar-refractivity contribution < 1.29 is 24.6 Å². The number of aliphatic hydroxyl groups is 1. The number of likely N-dealkylation sites (tertiary alicyclic amines) is 2. The molecule has 2 aromatic carbocycles. The van der Waals surface area contributed by atoms with Crippen LogP contribution in [-0.2, 0) is 20.9 Å². The highest BCUT2D eigenvalue weighted by atomic mass is 32.1. The van der Waals surface area contributed by atoms with Crippen LogP contribution in [0.4, 0.5) is 17.5 Å². The molecule has 6 aliphatic rings. The smallest absolute Gasteiger partial charge is 0.246 e. The van der Waals surface area contributed by atoms with Crippen molar-refractivity contribution in [2.75, 3.05) is 54.8 Å². The number of phenolic OH excluding ortho intramolecular Hbond substituents is 1. The van der Waals surface area contributed by atoms with Gasteiger partial charge in [0.2, 0.25) is 23.7 Å². The second kappa shape index (κ2) is 21.0. The number of nitrogens with one attached hydrogen (secondary N) is 2. The molecule has 6 N–H and O–H groups in total. The number of piperazine rings is 2. The van der Waals surface area contributed by atoms with Crippen molar-refractivity contribution in [2.45, 2.75) is 146 Å². The Labute approximate surface area is 443 Å². The second-order valence-electron chi connectivity index (χ2n) is 23.0. The lowest BCUT2D eigenvalue weighted by molar-refractivity contribution is -0.144. The number of aryl methyl sites for hydroxylation is 1. The topological polar surface area (TPSA) is 222 Å². The van der Waals surface area contributed by atoms with Gasteiger partial charge in [0, 0.05) is 93.9 Å². The van der Waals surface area contributed by atoms with E-state index in [-0.39, 0.29) is 73.7 Å². The monoisotopic (exact) mass is 1040 g/mol. The lowest BCUT2D eigenvalue weighted by Gasteiger charge is -2.46. The average Bonchev–Trinajstić information content (AvgIpc) is 4.15. The van der Waals surface area contributed by atoms with E-state index in [0.717, 1.165) is 111 Å². The predicted octanol–water partition coefficient (Wildman–Crippen LogP) is 5.49. The zero-order valence-electron chi connectivity index (χ0n) is 43.5. The molecule has 8 heterocycles. The molecule has 3 aromatic heterocycles. The van der Waals surface area contributed by atoms with Crippen molar-refractivity contribution in [1.82, 2.24) is 50.5 Å². The first-order valence-electron chi connectivity index (χ1n) is 27.0. The highest BCUT2D eigenvalue weighted by Crippen LogP contribution is 2.41. The lowest BCUT2D eigenvalue weighted by atomic mass is 9.82. The van der Waals surface area contributed by atoms with Crippen LogP contribution in [0.2, 0.25) is 0 Å². The highest BCUT2D eigenvalue weighted by Gasteiger charge is 2.47. The zero-order valence-corrected chi connectivity index (χ0v) is 44.3. The number of aromatic hydroxyl groups is 1. The number of thiazole rings is 1. The third-order valence-corrected chi connectivity index (χ3v) is 18.1. The van der Waals surface area contributed by atoms with E-state index in [4.69, 9.17) is 15.7 Å². The third kappa shape index (κ3) is 10.5. The summed E-state index contributed by atoms with van der Waals surface area (Å²) in [6, 6.07) is 16.9. The molecule has 5 saturated heterocycles. The van der Waals surface area contributed by atoms with Gasteiger partial charge in [-0.2, -0.15) is 0 Å². The normalized spacial score (nSPS) is 26.4. The maximum atomic E-state index is 14.4. The summed E-state index contributed by atoms with van der Waals surface area (Å²) in [7, 11) is 0. The Balaban J connectivity index is 0.651. The van der Waals surface area contributed by atoms with Gasteiger partial charge in [-0.3, -0.25) is 24.2 Å². The number of hydrogen-bond donors (Lipinski definition) is 5. The summed E-state index contributed by atoms with van der Waals surface area (Å²) >= 11 is 1.59. The van der Waals surface area contributed by atoms with Crippen LogP contribution in [0.25, 0.3) is 21.7 Å². The SMILES string of the molecule is Cc1ncsc1-c1ccc(CNC(=O)[C@@H]2C[C@@H](O)CN2C(=O)[C@@H](NC(=O)CN2C3CCC2CN(C2CCC(c4cnc(N5C6CCC5CN(c5cc(-c7ccccc7O)nnc5N)C6)nc4)CC2)C3)C(C)(C)C)cc1. The first kappa shape index (κ1) is 50.9. The minimum absolute atomic E-state index is 0.0327. The van der Waals surface area contributed by atoms with Crippen LogP contribution >= 0.6 is 11.3 Å². The van der Waals surface area contributed by atoms with Gasteiger partial charge in [-0.15, -0.1) is 21.5 Å². The molecule has 396 valence electrons. The maximum Gasteiger partial charge on any atom is 0.246 e. The molecule has 6 fully saturated rings. The molecule has 5 aromatic rings. The van der Waals surface area contributed by atoms with Crippen molar-refractivity contribution in [3.05, 3.63) is 89.3 Å². The third-order valence-electron chi connectivity index (χ3n) is 17.1. The summed E-state index contributed by atoms with van der Waals surface area (Å²) in [6.07, 6.45) is 12.0. The molecule has 0 spiro atoms. The van der Waals surface area contributed by atoms with Crippen molar-refractivity contribution in [3.8, 4) is 27.4 Å². The van der Waals surface area contributed by atoms with Crippen LogP contribution in [0.1, 0.15) is 101 Å². The Morgan fingerprint density at radius 3 is 2.15 bits per heavy atom. The molecule has 18 nitrogen and oxygen atoms in total. The molecule has 11 rings (SSSR count). The number of benzene rings is 2. The standard InChI is InChI=1S/C56H71N13O5S/c1-33-50(75-32-61-33)36-11-9-34(10-12-36)23-58-53(73)47-21-43(70)30-68(47)54(74)51(56(2,3)4)62-49(72)31-67-39-17-18-40(67)27-65(26-39)38-15-13-35(14-16-38)37-24-59-55(60-25-37)69-41-19-20-42(69)29-66(28-41)46-22-45(63-64-52(46)57)44-7-5-6-8-48(44)71/h5-12,22,24-25,32,35,38-43,47,51,70-71H,13-21,23,26-31H2,1-4H3,(H2,57,64)(H,58,73)(H,62,72)/t35?,38?,39?,40?,41?,42?,43-,47+,51-/m1/s1. The predicted molar refractivity (Wildman–Crippen MR) is 289 cm³/mol. The van der Waals surface area contributed by atoms with Gasteiger partial charge in [-0.05, 0) is 105 Å². The fraction of sp³-hybridized carbons (Fsp3) is 0.536. The number of phenols is 1. The number of nitrogens with zero attached hydrogens (tertiary/aromatic N) is 10. The van der Waals surface area contributed by atoms with Crippen molar-refractivity contribution in [1.29, 1.82) is 0 Å². The number of aromatic nitrogens is 5. The quantitative estimate of drug-likeness (QED) is 0.0984. The summed E-state index contributed by atoms with van der Waals surface area (Å²) in [6.45, 7) is 11.7. The van der Waals surface area contributed by atoms with Crippen molar-refractivity contribution in [3.63, 3.8) is 0 Å². The summed E-state index contributed by atoms with van der Waals surface area (Å²) in [5.74, 6) is 0.877. The summed E-state index contributed by atoms with van der Waals surface area (Å²) in [4.78, 5) is 68.7. The number of anilines is 3. The van der Waals surface area contributed by atoms with Gasteiger partial charge in [0.25, 0.3) is 0 Å². The van der Waals surface area contributed by atoms with Crippen LogP contribution in [0.15, 0.2) is 72.5 Å². The summed E-state index contributed by atoms with van der Waals surface area (Å²) in [5.41, 5.74) is 13.8. The van der Waals surface area contributed by atoms with Crippen LogP contribution in [0, 0.1) is 12.3 Å². The number of amides is 3. The molecule has 1 aliphatic carbocycles. The van der Waals surface area contributed by atoms with Crippen LogP contribution in [0.3, 0.4) is 0 Å². The van der Waals surface area contributed by atoms with Crippen LogP contribution < -0.4 is 26.2 Å². The highest BCUT2D eigenvalue weighted by molar-refractivity contribution is 7.13. The second-order valence-corrected chi connectivity index (χ2v) is 23.8. The first-order chi connectivity index (χ1) is 36.1. The van der Waals surface area contributed by atoms with E-state index in [1.165, 1.54) is 10.5 Å². The number of nitrogens with two attached hydrogens (primary N) is 1. The van der Waals surface area contributed by atoms with Gasteiger partial charge in [0.1, 0.15) is 17.8 Å². The molecule has 7 atom stereocenters. The fourth-order valence-corrected chi connectivity index (χ4v) is 13.9. The number of para-hydroxylation sites is 1. The Bertz CT molecular complexity index is 2840. The largest absolute Gasteiger partial charge is 0.507 e. The number of nitrogen functional groups attached to an aromatic ring is 1. The van der Waals surface area contributed by atoms with Gasteiger partial charge in [0.05, 0.1) is 40.1 Å². The summed E-state index contributed by atoms with van der Waals surface area (Å²) < 4.78 is 0. The van der Waals surface area contributed by atoms with Gasteiger partial charge < -0.3 is 41.3 Å². The number of fused-ring (bicyclic) bond motifs is 4. The Morgan fingerprint density at radius 1 is 0.827 bits per heavy atom. The van der Waals surface area contributed by atoms with Gasteiger partial charge in [-0.25, -0.2) is 15.0 Å². The first-order valence-corrected chi connectivity index (χ1v) is 27.8. The average molecular weight is 1040 g/mol. The number of rotatable bonds is 13. The van der Waals surface area contributed by atoms with Crippen LogP contribution in [-0.4, -0.2) is 155 Å². The van der Waals surface area contributed by atoms with E-state index in [0.29, 0.717) is 29.0 Å². The molecule has 3 amide bonds. The van der Waals surface area contributed by atoms with E-state index >= 15 is 0 Å². The molecular formula is C56H71N13O5S. The lowest BCUT2D eigenvalue weighted by Crippen LogP contribution is -2.61. The molecule has 4 bridgehead atoms. The maximum absolute atomic E-state index is 14.4. The van der Waals surface area contributed by atoms with Crippen molar-refractivity contribution >= 4 is 46.5 Å². The van der Waals surface area contributed by atoms with Gasteiger partial charge in [-0.1, -0.05) is 57.2 Å². The molecule has 0 radical (unpaired) electrons. The molecule has 1 saturated carbocycles. The Kier molecular flexibility index (Phi) is 14.3. The van der Waals surface area contributed by atoms with E-state index in [1.807, 2.05) is 75.7 Å². The van der Waals surface area contributed by atoms with Crippen LogP contribution in [0.5, 0.6) is 5.75 Å². The van der Waals surface area contributed by atoms with Crippen molar-refractivity contribution in [2.24, 2.45) is 5.41 Å². The summed E-state index contributed by atoms with van der Waals surface area (Å²) in [5, 5.41) is 35.9. The Morgan fingerprint density at radius 2 is 1.49 bits per heavy atom. The van der Waals surface area contributed by atoms with E-state index in [2.05, 4.69) is 57.8 Å². The van der Waals surface area contributed by atoms with Gasteiger partial charge in [0.15, 0.2) is 5.82 Å². The van der Waals surface area contributed by atoms with E-state index in [9.17, 15) is 24.6 Å². The molecule has 75 heavy (non-hydrogen) atoms. The number of carbonyl (C=O) groups excluding carboxylic acids is 3. The fourth-order valence-electron chi connectivity index (χ4n) is 13.1. The minimum Gasteiger partial charge on any atom is -0.507 e. The number of β-amino-alcohol motifs (C(OH)–C–C–N with tert-alkyl or cyclic N) is 1. The zero-order chi connectivity index (χ0) is 52.1. The number of carbonyl (C=O) groups is 3. The molecule has 19 heteroatoms. The molecule has 5 aliphatic heterocycles. The number of hydrogen-bond acceptors (Lipinski definition) is 16. The van der Waals surface area contributed by atoms with E-state index in [1.54, 1.807) is 23.5 Å². The minimum atomic E-state index is -0.876. The van der Waals surface area contributed by atoms with E-state index < -0.39 is 23.6 Å². The molecule has 4 unspecified atom stereocenters. The Hall–Kier alpha value is -6.28.